The molecule has 2 aromatic carbocycles. The molecular weight excluding hydrogens is 264 g/mol. The van der Waals surface area contributed by atoms with E-state index in [2.05, 4.69) is 56.8 Å². The molecule has 1 nitrogen and oxygen atoms in total. The molecule has 2 rings (SSSR count). The largest absolute Gasteiger partial charge is 0.489 e. The molecule has 0 bridgehead atoms. The van der Waals surface area contributed by atoms with Gasteiger partial charge in [0, 0.05) is 0 Å². The van der Waals surface area contributed by atoms with Gasteiger partial charge in [-0.15, -0.1) is 0 Å². The third kappa shape index (κ3) is 4.04. The Morgan fingerprint density at radius 1 is 1.10 bits per heavy atom. The Balaban J connectivity index is 2.02. The summed E-state index contributed by atoms with van der Waals surface area (Å²) in [6.45, 7) is 5.02. The van der Waals surface area contributed by atoms with Crippen LogP contribution in [0.25, 0.3) is 0 Å². The average molecular weight is 286 g/mol. The number of thiol groups is 1. The predicted octanol–water partition coefficient (Wildman–Crippen LogP) is 5.00. The second-order valence-electron chi connectivity index (χ2n) is 5.21. The van der Waals surface area contributed by atoms with Crippen LogP contribution in [0.2, 0.25) is 0 Å². The molecule has 0 heterocycles. The summed E-state index contributed by atoms with van der Waals surface area (Å²) in [4.78, 5) is 0. The summed E-state index contributed by atoms with van der Waals surface area (Å²) >= 11 is 4.31. The lowest BCUT2D eigenvalue weighted by atomic mass is 9.94. The SMILES string of the molecule is Cc1cc(OCc2ccccc2)ccc1C(C)CCS. The van der Waals surface area contributed by atoms with Gasteiger partial charge < -0.3 is 4.74 Å². The van der Waals surface area contributed by atoms with Crippen molar-refractivity contribution in [3.05, 3.63) is 65.2 Å². The van der Waals surface area contributed by atoms with Crippen molar-refractivity contribution in [1.29, 1.82) is 0 Å². The van der Waals surface area contributed by atoms with Gasteiger partial charge in [0.1, 0.15) is 12.4 Å². The zero-order valence-electron chi connectivity index (χ0n) is 12.2. The van der Waals surface area contributed by atoms with Crippen molar-refractivity contribution < 1.29 is 4.74 Å². The molecule has 1 unspecified atom stereocenters. The molecule has 0 spiro atoms. The normalized spacial score (nSPS) is 12.2. The summed E-state index contributed by atoms with van der Waals surface area (Å²) in [6.07, 6.45) is 1.11. The molecule has 2 heteroatoms. The highest BCUT2D eigenvalue weighted by molar-refractivity contribution is 7.80. The Bertz CT molecular complexity index is 536. The fourth-order valence-electron chi connectivity index (χ4n) is 2.38. The minimum Gasteiger partial charge on any atom is -0.489 e. The number of rotatable bonds is 6. The minimum absolute atomic E-state index is 0.552. The van der Waals surface area contributed by atoms with Crippen LogP contribution in [0.1, 0.15) is 36.0 Å². The van der Waals surface area contributed by atoms with E-state index in [1.807, 2.05) is 18.2 Å². The number of hydrogen-bond donors (Lipinski definition) is 1. The zero-order chi connectivity index (χ0) is 14.4. The molecule has 0 N–H and O–H groups in total. The summed E-state index contributed by atoms with van der Waals surface area (Å²) in [5, 5.41) is 0. The number of benzene rings is 2. The minimum atomic E-state index is 0.552. The lowest BCUT2D eigenvalue weighted by Gasteiger charge is -2.15. The van der Waals surface area contributed by atoms with Crippen LogP contribution in [0.15, 0.2) is 48.5 Å². The molecule has 106 valence electrons. The fraction of sp³-hybridized carbons (Fsp3) is 0.333. The third-order valence-corrected chi connectivity index (χ3v) is 3.84. The molecule has 0 aliphatic rings. The van der Waals surface area contributed by atoms with Gasteiger partial charge in [-0.3, -0.25) is 0 Å². The van der Waals surface area contributed by atoms with Crippen LogP contribution in [0.5, 0.6) is 5.75 Å². The van der Waals surface area contributed by atoms with Crippen LogP contribution in [-0.2, 0) is 6.61 Å². The predicted molar refractivity (Wildman–Crippen MR) is 88.8 cm³/mol. The lowest BCUT2D eigenvalue weighted by Crippen LogP contribution is -2.00. The first-order chi connectivity index (χ1) is 9.70. The summed E-state index contributed by atoms with van der Waals surface area (Å²) in [5.41, 5.74) is 3.88. The van der Waals surface area contributed by atoms with Crippen molar-refractivity contribution >= 4 is 12.6 Å². The topological polar surface area (TPSA) is 9.23 Å². The molecule has 0 saturated carbocycles. The van der Waals surface area contributed by atoms with Crippen molar-refractivity contribution in [1.82, 2.24) is 0 Å². The molecule has 0 amide bonds. The number of aryl methyl sites for hydroxylation is 1. The number of hydrogen-bond acceptors (Lipinski definition) is 2. The standard InChI is InChI=1S/C18H22OS/c1-14(10-11-20)18-9-8-17(12-15(18)2)19-13-16-6-4-3-5-7-16/h3-9,12,14,20H,10-11,13H2,1-2H3. The van der Waals surface area contributed by atoms with E-state index in [1.165, 1.54) is 16.7 Å². The molecule has 0 aliphatic carbocycles. The number of ether oxygens (including phenoxy) is 1. The van der Waals surface area contributed by atoms with Crippen molar-refractivity contribution in [2.45, 2.75) is 32.8 Å². The Kier molecular flexibility index (Phi) is 5.54. The highest BCUT2D eigenvalue weighted by atomic mass is 32.1. The van der Waals surface area contributed by atoms with Crippen molar-refractivity contribution in [2.24, 2.45) is 0 Å². The maximum atomic E-state index is 5.85. The van der Waals surface area contributed by atoms with Crippen LogP contribution in [0.3, 0.4) is 0 Å². The van der Waals surface area contributed by atoms with Gasteiger partial charge in [-0.2, -0.15) is 12.6 Å². The Labute approximate surface area is 127 Å². The van der Waals surface area contributed by atoms with E-state index in [-0.39, 0.29) is 0 Å². The van der Waals surface area contributed by atoms with E-state index in [0.29, 0.717) is 12.5 Å². The summed E-state index contributed by atoms with van der Waals surface area (Å²) in [5.74, 6) is 2.41. The zero-order valence-corrected chi connectivity index (χ0v) is 13.1. The van der Waals surface area contributed by atoms with Crippen LogP contribution in [-0.4, -0.2) is 5.75 Å². The first kappa shape index (κ1) is 15.0. The molecule has 0 aromatic heterocycles. The molecule has 1 atom stereocenters. The van der Waals surface area contributed by atoms with Crippen LogP contribution >= 0.6 is 12.6 Å². The van der Waals surface area contributed by atoms with Gasteiger partial charge in [-0.1, -0.05) is 43.3 Å². The van der Waals surface area contributed by atoms with E-state index in [4.69, 9.17) is 4.74 Å². The van der Waals surface area contributed by atoms with E-state index >= 15 is 0 Å². The van der Waals surface area contributed by atoms with Crippen molar-refractivity contribution in [3.8, 4) is 5.75 Å². The summed E-state index contributed by atoms with van der Waals surface area (Å²) in [7, 11) is 0. The Morgan fingerprint density at radius 3 is 2.50 bits per heavy atom. The highest BCUT2D eigenvalue weighted by Crippen LogP contribution is 2.26. The van der Waals surface area contributed by atoms with Gasteiger partial charge in [-0.25, -0.2) is 0 Å². The summed E-state index contributed by atoms with van der Waals surface area (Å²) < 4.78 is 5.85. The van der Waals surface area contributed by atoms with Gasteiger partial charge in [-0.05, 0) is 53.8 Å². The molecule has 0 saturated heterocycles. The van der Waals surface area contributed by atoms with E-state index in [0.717, 1.165) is 17.9 Å². The van der Waals surface area contributed by atoms with Crippen LogP contribution in [0.4, 0.5) is 0 Å². The van der Waals surface area contributed by atoms with Gasteiger partial charge in [0.2, 0.25) is 0 Å². The van der Waals surface area contributed by atoms with Crippen LogP contribution < -0.4 is 4.74 Å². The van der Waals surface area contributed by atoms with Gasteiger partial charge in [0.05, 0.1) is 0 Å². The molecule has 0 fully saturated rings. The van der Waals surface area contributed by atoms with Crippen LogP contribution in [0, 0.1) is 6.92 Å². The van der Waals surface area contributed by atoms with Gasteiger partial charge in [0.25, 0.3) is 0 Å². The van der Waals surface area contributed by atoms with Gasteiger partial charge in [0.15, 0.2) is 0 Å². The smallest absolute Gasteiger partial charge is 0.120 e. The van der Waals surface area contributed by atoms with Crippen molar-refractivity contribution in [3.63, 3.8) is 0 Å². The van der Waals surface area contributed by atoms with Gasteiger partial charge >= 0.3 is 0 Å². The first-order valence-corrected chi connectivity index (χ1v) is 7.72. The average Bonchev–Trinajstić information content (AvgIpc) is 2.46. The first-order valence-electron chi connectivity index (χ1n) is 7.09. The maximum absolute atomic E-state index is 5.85. The summed E-state index contributed by atoms with van der Waals surface area (Å²) in [6, 6.07) is 16.6. The highest BCUT2D eigenvalue weighted by Gasteiger charge is 2.08. The lowest BCUT2D eigenvalue weighted by molar-refractivity contribution is 0.306. The quantitative estimate of drug-likeness (QED) is 0.735. The third-order valence-electron chi connectivity index (χ3n) is 3.58. The van der Waals surface area contributed by atoms with E-state index in [1.54, 1.807) is 0 Å². The molecule has 0 radical (unpaired) electrons. The van der Waals surface area contributed by atoms with E-state index < -0.39 is 0 Å². The maximum Gasteiger partial charge on any atom is 0.120 e. The molecule has 20 heavy (non-hydrogen) atoms. The molecule has 0 aliphatic heterocycles. The van der Waals surface area contributed by atoms with Crippen molar-refractivity contribution in [2.75, 3.05) is 5.75 Å². The van der Waals surface area contributed by atoms with E-state index in [9.17, 15) is 0 Å². The second-order valence-corrected chi connectivity index (χ2v) is 5.65. The monoisotopic (exact) mass is 286 g/mol. The fourth-order valence-corrected chi connectivity index (χ4v) is 2.77. The molecule has 2 aromatic rings. The molecular formula is C18H22OS. The Morgan fingerprint density at radius 2 is 1.85 bits per heavy atom. The Hall–Kier alpha value is -1.41. The second kappa shape index (κ2) is 7.39.